The van der Waals surface area contributed by atoms with E-state index < -0.39 is 5.41 Å². The van der Waals surface area contributed by atoms with Gasteiger partial charge < -0.3 is 9.32 Å². The van der Waals surface area contributed by atoms with Crippen LogP contribution in [0.2, 0.25) is 0 Å². The number of fused-ring (bicyclic) bond motifs is 9. The Morgan fingerprint density at radius 1 is 0.308 bits per heavy atom. The van der Waals surface area contributed by atoms with Crippen molar-refractivity contribution in [2.24, 2.45) is 0 Å². The minimum absolute atomic E-state index is 0.517. The topological polar surface area (TPSA) is 16.4 Å². The van der Waals surface area contributed by atoms with Gasteiger partial charge in [0, 0.05) is 27.8 Å². The number of benzene rings is 11. The van der Waals surface area contributed by atoms with Gasteiger partial charge in [-0.05, 0) is 132 Å². The van der Waals surface area contributed by atoms with Crippen molar-refractivity contribution in [2.75, 3.05) is 4.90 Å². The average Bonchev–Trinajstić information content (AvgIpc) is 3.90. The van der Waals surface area contributed by atoms with Crippen LogP contribution in [0.15, 0.2) is 253 Å². The van der Waals surface area contributed by atoms with Gasteiger partial charge in [-0.2, -0.15) is 0 Å². The van der Waals surface area contributed by atoms with Gasteiger partial charge in [0.25, 0.3) is 0 Å². The minimum Gasteiger partial charge on any atom is -0.456 e. The van der Waals surface area contributed by atoms with E-state index >= 15 is 0 Å². The van der Waals surface area contributed by atoms with Gasteiger partial charge in [-0.15, -0.1) is 0 Å². The quantitative estimate of drug-likeness (QED) is 0.149. The van der Waals surface area contributed by atoms with Crippen LogP contribution in [0.4, 0.5) is 17.1 Å². The maximum absolute atomic E-state index is 6.18. The molecule has 0 N–H and O–H groups in total. The normalized spacial score (nSPS) is 12.7. The van der Waals surface area contributed by atoms with E-state index in [1.807, 2.05) is 12.1 Å². The first-order chi connectivity index (χ1) is 32.2. The Bertz CT molecular complexity index is 3710. The predicted octanol–water partition coefficient (Wildman–Crippen LogP) is 17.1. The summed E-state index contributed by atoms with van der Waals surface area (Å²) < 4.78 is 6.18. The Balaban J connectivity index is 0.990. The molecule has 0 saturated carbocycles. The van der Waals surface area contributed by atoms with E-state index in [2.05, 4.69) is 241 Å². The number of para-hydroxylation sites is 1. The maximum Gasteiger partial charge on any atom is 0.135 e. The van der Waals surface area contributed by atoms with Gasteiger partial charge in [0.2, 0.25) is 0 Å². The summed E-state index contributed by atoms with van der Waals surface area (Å²) in [6.07, 6.45) is 0. The molecule has 1 aliphatic carbocycles. The Morgan fingerprint density at radius 3 is 1.63 bits per heavy atom. The highest BCUT2D eigenvalue weighted by molar-refractivity contribution is 6.14. The Kier molecular flexibility index (Phi) is 8.47. The second-order valence-corrected chi connectivity index (χ2v) is 17.2. The van der Waals surface area contributed by atoms with Crippen LogP contribution in [-0.4, -0.2) is 0 Å². The van der Waals surface area contributed by atoms with Gasteiger partial charge >= 0.3 is 0 Å². The standard InChI is InChI=1S/C63H41NO/c1-3-16-47(17-4-1)63(48-18-5-2-6-19-48)58-24-11-9-21-54(58)55-38-37-51(41-59(55)63)64(49-33-28-42(29-34-49)46-32-39-61-57(40-46)56-22-10-12-25-60(56)65-61)50-35-30-44(31-36-50)53-23-13-15-45-27-26-43-14-7-8-20-52(43)62(45)53/h1-41H. The van der Waals surface area contributed by atoms with Crippen LogP contribution < -0.4 is 4.90 Å². The molecule has 0 spiro atoms. The first-order valence-electron chi connectivity index (χ1n) is 22.4. The molecular formula is C63H41NO. The second-order valence-electron chi connectivity index (χ2n) is 17.2. The summed E-state index contributed by atoms with van der Waals surface area (Å²) in [4.78, 5) is 2.42. The fourth-order valence-electron chi connectivity index (χ4n) is 10.8. The second kappa shape index (κ2) is 14.8. The van der Waals surface area contributed by atoms with E-state index in [-0.39, 0.29) is 0 Å². The van der Waals surface area contributed by atoms with Crippen LogP contribution in [0.1, 0.15) is 22.3 Å². The van der Waals surface area contributed by atoms with Crippen molar-refractivity contribution in [2.45, 2.75) is 5.41 Å². The summed E-state index contributed by atoms with van der Waals surface area (Å²) >= 11 is 0. The van der Waals surface area contributed by atoms with E-state index in [1.165, 1.54) is 66.1 Å². The smallest absolute Gasteiger partial charge is 0.135 e. The number of hydrogen-bond donors (Lipinski definition) is 0. The Labute approximate surface area is 377 Å². The molecule has 0 amide bonds. The van der Waals surface area contributed by atoms with Crippen molar-refractivity contribution in [3.05, 3.63) is 271 Å². The molecule has 0 saturated heterocycles. The zero-order chi connectivity index (χ0) is 42.9. The molecule has 0 radical (unpaired) electrons. The lowest BCUT2D eigenvalue weighted by Gasteiger charge is -2.35. The zero-order valence-electron chi connectivity index (χ0n) is 35.5. The summed E-state index contributed by atoms with van der Waals surface area (Å²) in [5, 5.41) is 7.30. The van der Waals surface area contributed by atoms with Crippen LogP contribution >= 0.6 is 0 Å². The SMILES string of the molecule is c1ccc(C2(c3ccccc3)c3ccccc3-c3ccc(N(c4ccc(-c5ccc6oc7ccccc7c6c5)cc4)c4ccc(-c5cccc6ccc7ccccc7c56)cc4)cc32)cc1. The van der Waals surface area contributed by atoms with E-state index in [9.17, 15) is 0 Å². The molecule has 2 heteroatoms. The number of rotatable bonds is 7. The van der Waals surface area contributed by atoms with Crippen molar-refractivity contribution >= 4 is 60.5 Å². The fraction of sp³-hybridized carbons (Fsp3) is 0.0159. The van der Waals surface area contributed by atoms with E-state index in [0.29, 0.717) is 0 Å². The third kappa shape index (κ3) is 5.81. The maximum atomic E-state index is 6.18. The molecule has 2 nitrogen and oxygen atoms in total. The van der Waals surface area contributed by atoms with Crippen LogP contribution in [0.25, 0.3) is 76.9 Å². The fourth-order valence-corrected chi connectivity index (χ4v) is 10.8. The molecule has 0 aliphatic heterocycles. The molecule has 13 rings (SSSR count). The monoisotopic (exact) mass is 827 g/mol. The lowest BCUT2D eigenvalue weighted by Crippen LogP contribution is -2.28. The lowest BCUT2D eigenvalue weighted by atomic mass is 9.67. The molecule has 304 valence electrons. The highest BCUT2D eigenvalue weighted by Crippen LogP contribution is 2.57. The van der Waals surface area contributed by atoms with Gasteiger partial charge in [0.1, 0.15) is 11.2 Å². The van der Waals surface area contributed by atoms with Crippen molar-refractivity contribution in [3.8, 4) is 33.4 Å². The van der Waals surface area contributed by atoms with Crippen LogP contribution in [0.5, 0.6) is 0 Å². The molecule has 65 heavy (non-hydrogen) atoms. The molecule has 0 atom stereocenters. The van der Waals surface area contributed by atoms with Crippen molar-refractivity contribution in [1.29, 1.82) is 0 Å². The summed E-state index contributed by atoms with van der Waals surface area (Å²) in [6, 6.07) is 91.0. The van der Waals surface area contributed by atoms with Crippen molar-refractivity contribution < 1.29 is 4.42 Å². The summed E-state index contributed by atoms with van der Waals surface area (Å²) in [5.41, 5.74) is 16.9. The highest BCUT2D eigenvalue weighted by Gasteiger charge is 2.46. The van der Waals surface area contributed by atoms with Crippen molar-refractivity contribution in [1.82, 2.24) is 0 Å². The molecule has 0 bridgehead atoms. The molecule has 12 aromatic rings. The van der Waals surface area contributed by atoms with Crippen molar-refractivity contribution in [3.63, 3.8) is 0 Å². The van der Waals surface area contributed by atoms with E-state index in [1.54, 1.807) is 0 Å². The molecule has 1 aromatic heterocycles. The number of nitrogens with zero attached hydrogens (tertiary/aromatic N) is 1. The minimum atomic E-state index is -0.517. The largest absolute Gasteiger partial charge is 0.456 e. The third-order valence-electron chi connectivity index (χ3n) is 13.7. The summed E-state index contributed by atoms with van der Waals surface area (Å²) in [5.74, 6) is 0. The Morgan fingerprint density at radius 2 is 0.862 bits per heavy atom. The highest BCUT2D eigenvalue weighted by atomic mass is 16.3. The number of furan rings is 1. The average molecular weight is 828 g/mol. The van der Waals surface area contributed by atoms with Gasteiger partial charge in [-0.3, -0.25) is 0 Å². The first-order valence-corrected chi connectivity index (χ1v) is 22.4. The third-order valence-corrected chi connectivity index (χ3v) is 13.7. The number of hydrogen-bond acceptors (Lipinski definition) is 2. The lowest BCUT2D eigenvalue weighted by molar-refractivity contribution is 0.669. The molecule has 0 unspecified atom stereocenters. The van der Waals surface area contributed by atoms with Gasteiger partial charge in [-0.1, -0.05) is 194 Å². The molecule has 11 aromatic carbocycles. The first kappa shape index (κ1) is 37.1. The number of anilines is 3. The van der Waals surface area contributed by atoms with Crippen LogP contribution in [-0.2, 0) is 5.41 Å². The predicted molar refractivity (Wildman–Crippen MR) is 272 cm³/mol. The zero-order valence-corrected chi connectivity index (χ0v) is 35.5. The van der Waals surface area contributed by atoms with E-state index in [0.717, 1.165) is 50.1 Å². The van der Waals surface area contributed by atoms with Gasteiger partial charge in [0.15, 0.2) is 0 Å². The van der Waals surface area contributed by atoms with Crippen LogP contribution in [0, 0.1) is 0 Å². The summed E-state index contributed by atoms with van der Waals surface area (Å²) in [6.45, 7) is 0. The summed E-state index contributed by atoms with van der Waals surface area (Å²) in [7, 11) is 0. The molecular weight excluding hydrogens is 787 g/mol. The molecule has 1 heterocycles. The van der Waals surface area contributed by atoms with Gasteiger partial charge in [-0.25, -0.2) is 0 Å². The molecule has 1 aliphatic rings. The van der Waals surface area contributed by atoms with E-state index in [4.69, 9.17) is 4.42 Å². The van der Waals surface area contributed by atoms with Gasteiger partial charge in [0.05, 0.1) is 5.41 Å². The molecule has 0 fully saturated rings. The Hall–Kier alpha value is -8.46. The van der Waals surface area contributed by atoms with Crippen LogP contribution in [0.3, 0.4) is 0 Å².